The normalized spacial score (nSPS) is 19.7. The SMILES string of the molecule is CC(CCNCC1(C)CCOCC1)c1ccc(N)cc1. The first-order valence-electron chi connectivity index (χ1n) is 7.73. The molecule has 0 aliphatic carbocycles. The van der Waals surface area contributed by atoms with Crippen molar-refractivity contribution in [1.29, 1.82) is 0 Å². The molecule has 2 rings (SSSR count). The first-order chi connectivity index (χ1) is 9.59. The summed E-state index contributed by atoms with van der Waals surface area (Å²) in [5, 5.41) is 3.63. The molecule has 1 aliphatic rings. The fourth-order valence-electron chi connectivity index (χ4n) is 2.74. The molecule has 3 heteroatoms. The Kier molecular flexibility index (Phi) is 5.44. The molecule has 1 saturated heterocycles. The fourth-order valence-corrected chi connectivity index (χ4v) is 2.74. The van der Waals surface area contributed by atoms with Gasteiger partial charge in [-0.15, -0.1) is 0 Å². The Morgan fingerprint density at radius 2 is 1.90 bits per heavy atom. The van der Waals surface area contributed by atoms with Crippen molar-refractivity contribution in [1.82, 2.24) is 5.32 Å². The van der Waals surface area contributed by atoms with Crippen LogP contribution >= 0.6 is 0 Å². The molecule has 1 aromatic rings. The van der Waals surface area contributed by atoms with Crippen LogP contribution < -0.4 is 11.1 Å². The van der Waals surface area contributed by atoms with E-state index in [0.29, 0.717) is 11.3 Å². The molecule has 0 bridgehead atoms. The van der Waals surface area contributed by atoms with Gasteiger partial charge in [0.25, 0.3) is 0 Å². The van der Waals surface area contributed by atoms with Gasteiger partial charge in [0.15, 0.2) is 0 Å². The van der Waals surface area contributed by atoms with E-state index in [1.807, 2.05) is 12.1 Å². The van der Waals surface area contributed by atoms with Crippen LogP contribution in [0.3, 0.4) is 0 Å². The van der Waals surface area contributed by atoms with Crippen molar-refractivity contribution < 1.29 is 4.74 Å². The van der Waals surface area contributed by atoms with Crippen LogP contribution in [0.25, 0.3) is 0 Å². The Labute approximate surface area is 122 Å². The van der Waals surface area contributed by atoms with Crippen molar-refractivity contribution in [3.63, 3.8) is 0 Å². The molecular weight excluding hydrogens is 248 g/mol. The Morgan fingerprint density at radius 3 is 2.55 bits per heavy atom. The largest absolute Gasteiger partial charge is 0.399 e. The minimum atomic E-state index is 0.419. The highest BCUT2D eigenvalue weighted by Crippen LogP contribution is 2.28. The quantitative estimate of drug-likeness (QED) is 0.620. The first kappa shape index (κ1) is 15.3. The Morgan fingerprint density at radius 1 is 1.25 bits per heavy atom. The highest BCUT2D eigenvalue weighted by Gasteiger charge is 2.26. The molecule has 0 radical (unpaired) electrons. The van der Waals surface area contributed by atoms with E-state index in [0.717, 1.165) is 38.4 Å². The molecular formula is C17H28N2O. The van der Waals surface area contributed by atoms with E-state index in [-0.39, 0.29) is 0 Å². The highest BCUT2D eigenvalue weighted by molar-refractivity contribution is 5.40. The third kappa shape index (κ3) is 4.50. The van der Waals surface area contributed by atoms with Crippen LogP contribution in [0.15, 0.2) is 24.3 Å². The molecule has 1 aromatic carbocycles. The Bertz CT molecular complexity index is 396. The minimum absolute atomic E-state index is 0.419. The van der Waals surface area contributed by atoms with E-state index in [2.05, 4.69) is 31.3 Å². The van der Waals surface area contributed by atoms with Crippen molar-refractivity contribution in [2.45, 2.75) is 39.0 Å². The zero-order valence-corrected chi connectivity index (χ0v) is 12.8. The van der Waals surface area contributed by atoms with Crippen molar-refractivity contribution in [2.24, 2.45) is 5.41 Å². The fraction of sp³-hybridized carbons (Fsp3) is 0.647. The number of rotatable bonds is 6. The summed E-state index contributed by atoms with van der Waals surface area (Å²) in [6.45, 7) is 8.65. The second-order valence-electron chi connectivity index (χ2n) is 6.46. The molecule has 1 heterocycles. The molecule has 0 spiro atoms. The summed E-state index contributed by atoms with van der Waals surface area (Å²) in [5.74, 6) is 0.575. The monoisotopic (exact) mass is 276 g/mol. The van der Waals surface area contributed by atoms with Crippen LogP contribution in [0, 0.1) is 5.41 Å². The van der Waals surface area contributed by atoms with E-state index in [9.17, 15) is 0 Å². The lowest BCUT2D eigenvalue weighted by Gasteiger charge is -2.33. The molecule has 0 amide bonds. The number of nitrogens with one attached hydrogen (secondary N) is 1. The molecule has 0 aromatic heterocycles. The van der Waals surface area contributed by atoms with E-state index in [4.69, 9.17) is 10.5 Å². The molecule has 1 aliphatic heterocycles. The minimum Gasteiger partial charge on any atom is -0.399 e. The van der Waals surface area contributed by atoms with Crippen molar-refractivity contribution in [2.75, 3.05) is 32.0 Å². The lowest BCUT2D eigenvalue weighted by atomic mass is 9.82. The summed E-state index contributed by atoms with van der Waals surface area (Å²) < 4.78 is 5.44. The van der Waals surface area contributed by atoms with Gasteiger partial charge >= 0.3 is 0 Å². The number of hydrogen-bond acceptors (Lipinski definition) is 3. The average molecular weight is 276 g/mol. The van der Waals surface area contributed by atoms with Gasteiger partial charge in [-0.1, -0.05) is 26.0 Å². The molecule has 1 unspecified atom stereocenters. The molecule has 3 nitrogen and oxygen atoms in total. The van der Waals surface area contributed by atoms with Crippen molar-refractivity contribution >= 4 is 5.69 Å². The summed E-state index contributed by atoms with van der Waals surface area (Å²) in [4.78, 5) is 0. The van der Waals surface area contributed by atoms with E-state index < -0.39 is 0 Å². The van der Waals surface area contributed by atoms with Gasteiger partial charge in [-0.3, -0.25) is 0 Å². The van der Waals surface area contributed by atoms with Gasteiger partial charge < -0.3 is 15.8 Å². The first-order valence-corrected chi connectivity index (χ1v) is 7.73. The number of hydrogen-bond donors (Lipinski definition) is 2. The molecule has 20 heavy (non-hydrogen) atoms. The lowest BCUT2D eigenvalue weighted by molar-refractivity contribution is 0.0241. The summed E-state index contributed by atoms with van der Waals surface area (Å²) in [6, 6.07) is 8.25. The van der Waals surface area contributed by atoms with E-state index in [1.165, 1.54) is 18.4 Å². The molecule has 1 fully saturated rings. The van der Waals surface area contributed by atoms with Gasteiger partial charge in [0, 0.05) is 25.4 Å². The maximum atomic E-state index is 5.72. The predicted octanol–water partition coefficient (Wildman–Crippen LogP) is 3.17. The van der Waals surface area contributed by atoms with Gasteiger partial charge in [-0.25, -0.2) is 0 Å². The van der Waals surface area contributed by atoms with Crippen LogP contribution in [-0.4, -0.2) is 26.3 Å². The van der Waals surface area contributed by atoms with E-state index in [1.54, 1.807) is 0 Å². The lowest BCUT2D eigenvalue weighted by Crippen LogP contribution is -2.37. The highest BCUT2D eigenvalue weighted by atomic mass is 16.5. The third-order valence-electron chi connectivity index (χ3n) is 4.51. The Balaban J connectivity index is 1.68. The number of nitrogens with two attached hydrogens (primary N) is 1. The number of anilines is 1. The van der Waals surface area contributed by atoms with Crippen LogP contribution in [0.5, 0.6) is 0 Å². The van der Waals surface area contributed by atoms with Crippen LogP contribution in [0.1, 0.15) is 44.6 Å². The van der Waals surface area contributed by atoms with Gasteiger partial charge in [-0.2, -0.15) is 0 Å². The molecule has 112 valence electrons. The maximum absolute atomic E-state index is 5.72. The van der Waals surface area contributed by atoms with Crippen molar-refractivity contribution in [3.05, 3.63) is 29.8 Å². The molecule has 1 atom stereocenters. The molecule has 3 N–H and O–H groups in total. The second kappa shape index (κ2) is 7.09. The van der Waals surface area contributed by atoms with Crippen LogP contribution in [-0.2, 0) is 4.74 Å². The smallest absolute Gasteiger partial charge is 0.0471 e. The van der Waals surface area contributed by atoms with Gasteiger partial charge in [0.2, 0.25) is 0 Å². The number of benzene rings is 1. The zero-order chi connectivity index (χ0) is 14.4. The third-order valence-corrected chi connectivity index (χ3v) is 4.51. The summed E-state index contributed by atoms with van der Waals surface area (Å²) in [5.41, 5.74) is 8.36. The standard InChI is InChI=1S/C17H28N2O/c1-14(15-3-5-16(18)6-4-15)7-10-19-13-17(2)8-11-20-12-9-17/h3-6,14,19H,7-13,18H2,1-2H3. The predicted molar refractivity (Wildman–Crippen MR) is 84.9 cm³/mol. The Hall–Kier alpha value is -1.06. The van der Waals surface area contributed by atoms with Gasteiger partial charge in [-0.05, 0) is 54.8 Å². The summed E-state index contributed by atoms with van der Waals surface area (Å²) >= 11 is 0. The van der Waals surface area contributed by atoms with Gasteiger partial charge in [0.1, 0.15) is 0 Å². The van der Waals surface area contributed by atoms with Crippen LogP contribution in [0.2, 0.25) is 0 Å². The maximum Gasteiger partial charge on any atom is 0.0471 e. The summed E-state index contributed by atoms with van der Waals surface area (Å²) in [7, 11) is 0. The number of ether oxygens (including phenoxy) is 1. The van der Waals surface area contributed by atoms with Gasteiger partial charge in [0.05, 0.1) is 0 Å². The zero-order valence-electron chi connectivity index (χ0n) is 12.8. The molecule has 0 saturated carbocycles. The summed E-state index contributed by atoms with van der Waals surface area (Å²) in [6.07, 6.45) is 3.51. The van der Waals surface area contributed by atoms with Crippen LogP contribution in [0.4, 0.5) is 5.69 Å². The average Bonchev–Trinajstić information content (AvgIpc) is 2.45. The van der Waals surface area contributed by atoms with Crippen molar-refractivity contribution in [3.8, 4) is 0 Å². The second-order valence-corrected chi connectivity index (χ2v) is 6.46. The van der Waals surface area contributed by atoms with E-state index >= 15 is 0 Å². The topological polar surface area (TPSA) is 47.3 Å². The number of nitrogen functional groups attached to an aromatic ring is 1.